The monoisotopic (exact) mass is 545 g/mol. The summed E-state index contributed by atoms with van der Waals surface area (Å²) in [6.07, 6.45) is 23.6. The zero-order valence-electron chi connectivity index (χ0n) is 23.7. The van der Waals surface area contributed by atoms with Crippen molar-refractivity contribution in [2.75, 3.05) is 19.8 Å². The lowest BCUT2D eigenvalue weighted by Crippen LogP contribution is -2.28. The molecule has 8 heteroatoms. The Balaban J connectivity index is 3.80. The van der Waals surface area contributed by atoms with Crippen LogP contribution in [0.3, 0.4) is 0 Å². The van der Waals surface area contributed by atoms with Gasteiger partial charge in [0.05, 0.1) is 0 Å². The summed E-state index contributed by atoms with van der Waals surface area (Å²) in [5, 5.41) is 0. The number of carbonyl (C=O) groups is 2. The first kappa shape index (κ1) is 36.0. The van der Waals surface area contributed by atoms with Gasteiger partial charge in [0.25, 0.3) is 0 Å². The van der Waals surface area contributed by atoms with Crippen LogP contribution in [0.25, 0.3) is 0 Å². The van der Waals surface area contributed by atoms with Gasteiger partial charge in [-0.05, 0) is 25.8 Å². The Morgan fingerprint density at radius 2 is 1.05 bits per heavy atom. The minimum absolute atomic E-state index is 0.0628. The number of carbonyl (C=O) groups excluding carboxylic acids is 2. The Morgan fingerprint density at radius 3 is 1.51 bits per heavy atom. The van der Waals surface area contributed by atoms with E-state index in [1.54, 1.807) is 0 Å². The van der Waals surface area contributed by atoms with Crippen molar-refractivity contribution in [3.05, 3.63) is 0 Å². The summed E-state index contributed by atoms with van der Waals surface area (Å²) in [4.78, 5) is 24.2. The van der Waals surface area contributed by atoms with Crippen molar-refractivity contribution in [3.8, 4) is 0 Å². The van der Waals surface area contributed by atoms with E-state index in [2.05, 4.69) is 6.92 Å². The summed E-state index contributed by atoms with van der Waals surface area (Å²) in [6.45, 7) is 2.88. The molecular formula is C29H56NO6P. The van der Waals surface area contributed by atoms with E-state index in [9.17, 15) is 14.2 Å². The predicted molar refractivity (Wildman–Crippen MR) is 151 cm³/mol. The summed E-state index contributed by atoms with van der Waals surface area (Å²) in [7, 11) is -0.488. The minimum atomic E-state index is -0.733. The first-order valence-electron chi connectivity index (χ1n) is 15.1. The van der Waals surface area contributed by atoms with Gasteiger partial charge in [-0.25, -0.2) is 4.57 Å². The van der Waals surface area contributed by atoms with Crippen molar-refractivity contribution >= 4 is 20.6 Å². The van der Waals surface area contributed by atoms with Gasteiger partial charge in [-0.3, -0.25) is 14.1 Å². The van der Waals surface area contributed by atoms with E-state index in [0.29, 0.717) is 12.8 Å². The van der Waals surface area contributed by atoms with Gasteiger partial charge in [-0.1, -0.05) is 116 Å². The quantitative estimate of drug-likeness (QED) is 0.0573. The Bertz CT molecular complexity index is 535. The van der Waals surface area contributed by atoms with Crippen molar-refractivity contribution < 1.29 is 28.2 Å². The number of hydrogen-bond acceptors (Lipinski definition) is 7. The molecule has 0 bridgehead atoms. The first-order chi connectivity index (χ1) is 18.1. The molecule has 1 atom stereocenters. The number of unbranched alkanes of at least 4 members (excludes halogenated alkanes) is 18. The average molecular weight is 546 g/mol. The Morgan fingerprint density at radius 1 is 0.622 bits per heavy atom. The van der Waals surface area contributed by atoms with Crippen molar-refractivity contribution in [2.24, 2.45) is 5.73 Å². The maximum atomic E-state index is 12.2. The SMILES string of the molecule is CCCCCCCCCCCCCCC(=O)O[C@@H](COP=O)COC(=O)CCCCCCCCCCN. The molecule has 0 heterocycles. The van der Waals surface area contributed by atoms with Crippen LogP contribution in [-0.4, -0.2) is 37.8 Å². The Hall–Kier alpha value is -1.04. The van der Waals surface area contributed by atoms with Crippen LogP contribution in [0.15, 0.2) is 0 Å². The van der Waals surface area contributed by atoms with Gasteiger partial charge in [0, 0.05) is 12.8 Å². The fourth-order valence-electron chi connectivity index (χ4n) is 4.32. The van der Waals surface area contributed by atoms with Crippen LogP contribution >= 0.6 is 8.69 Å². The molecule has 0 saturated carbocycles. The highest BCUT2D eigenvalue weighted by Gasteiger charge is 2.17. The highest BCUT2D eigenvalue weighted by molar-refractivity contribution is 7.17. The Labute approximate surface area is 228 Å². The average Bonchev–Trinajstić information content (AvgIpc) is 2.89. The molecule has 0 radical (unpaired) electrons. The zero-order chi connectivity index (χ0) is 27.2. The number of ether oxygens (including phenoxy) is 2. The summed E-state index contributed by atoms with van der Waals surface area (Å²) in [6, 6.07) is 0. The zero-order valence-corrected chi connectivity index (χ0v) is 24.6. The van der Waals surface area contributed by atoms with Crippen LogP contribution in [0.4, 0.5) is 0 Å². The molecule has 0 amide bonds. The molecule has 0 aliphatic carbocycles. The van der Waals surface area contributed by atoms with Crippen molar-refractivity contribution in [2.45, 2.75) is 154 Å². The molecule has 0 aromatic rings. The molecule has 0 rings (SSSR count). The summed E-state index contributed by atoms with van der Waals surface area (Å²) < 4.78 is 26.2. The van der Waals surface area contributed by atoms with Crippen molar-refractivity contribution in [1.29, 1.82) is 0 Å². The van der Waals surface area contributed by atoms with Crippen molar-refractivity contribution in [3.63, 3.8) is 0 Å². The number of esters is 2. The molecule has 0 saturated heterocycles. The second-order valence-electron chi connectivity index (χ2n) is 10.2. The highest BCUT2D eigenvalue weighted by Crippen LogP contribution is 2.14. The van der Waals surface area contributed by atoms with Crippen LogP contribution in [0.2, 0.25) is 0 Å². The largest absolute Gasteiger partial charge is 0.462 e. The molecule has 0 aromatic carbocycles. The fraction of sp³-hybridized carbons (Fsp3) is 0.931. The smallest absolute Gasteiger partial charge is 0.327 e. The molecule has 7 nitrogen and oxygen atoms in total. The second-order valence-corrected chi connectivity index (χ2v) is 10.6. The number of hydrogen-bond donors (Lipinski definition) is 1. The van der Waals surface area contributed by atoms with Gasteiger partial charge in [-0.2, -0.15) is 0 Å². The van der Waals surface area contributed by atoms with Crippen LogP contribution in [0, 0.1) is 0 Å². The van der Waals surface area contributed by atoms with E-state index in [1.165, 1.54) is 83.5 Å². The highest BCUT2D eigenvalue weighted by atomic mass is 31.1. The lowest BCUT2D eigenvalue weighted by molar-refractivity contribution is -0.160. The van der Waals surface area contributed by atoms with Gasteiger partial charge < -0.3 is 15.2 Å². The third kappa shape index (κ3) is 27.8. The molecule has 0 aliphatic rings. The first-order valence-corrected chi connectivity index (χ1v) is 15.9. The molecule has 0 fully saturated rings. The molecule has 0 aliphatic heterocycles. The van der Waals surface area contributed by atoms with E-state index in [4.69, 9.17) is 19.7 Å². The molecular weight excluding hydrogens is 489 g/mol. The standard InChI is InChI=1S/C29H56NO6P/c1-2-3-4-5-6-7-8-9-10-14-17-20-23-29(32)36-27(26-35-37-33)25-34-28(31)22-19-16-13-11-12-15-18-21-24-30/h27H,2-26,30H2,1H3/t27-/m1/s1. The van der Waals surface area contributed by atoms with E-state index in [0.717, 1.165) is 51.5 Å². The third-order valence-electron chi connectivity index (χ3n) is 6.61. The minimum Gasteiger partial charge on any atom is -0.462 e. The molecule has 0 aromatic heterocycles. The molecule has 0 unspecified atom stereocenters. The van der Waals surface area contributed by atoms with Crippen LogP contribution < -0.4 is 5.73 Å². The number of rotatable bonds is 29. The molecule has 2 N–H and O–H groups in total. The number of nitrogens with two attached hydrogens (primary N) is 1. The summed E-state index contributed by atoms with van der Waals surface area (Å²) >= 11 is 0. The maximum absolute atomic E-state index is 12.2. The lowest BCUT2D eigenvalue weighted by Gasteiger charge is -2.16. The van der Waals surface area contributed by atoms with E-state index < -0.39 is 14.8 Å². The molecule has 37 heavy (non-hydrogen) atoms. The van der Waals surface area contributed by atoms with Gasteiger partial charge >= 0.3 is 20.6 Å². The van der Waals surface area contributed by atoms with Crippen LogP contribution in [-0.2, 0) is 28.2 Å². The van der Waals surface area contributed by atoms with Crippen LogP contribution in [0.1, 0.15) is 148 Å². The molecule has 0 spiro atoms. The second kappa shape index (κ2) is 29.5. The normalized spacial score (nSPS) is 12.1. The molecule has 218 valence electrons. The fourth-order valence-corrected chi connectivity index (χ4v) is 4.54. The topological polar surface area (TPSA) is 105 Å². The van der Waals surface area contributed by atoms with E-state index >= 15 is 0 Å². The Kier molecular flexibility index (Phi) is 28.7. The van der Waals surface area contributed by atoms with Gasteiger partial charge in [-0.15, -0.1) is 0 Å². The van der Waals surface area contributed by atoms with Crippen LogP contribution in [0.5, 0.6) is 0 Å². The van der Waals surface area contributed by atoms with E-state index in [1.807, 2.05) is 0 Å². The summed E-state index contributed by atoms with van der Waals surface area (Å²) in [5.41, 5.74) is 5.50. The third-order valence-corrected chi connectivity index (χ3v) is 6.87. The van der Waals surface area contributed by atoms with E-state index in [-0.39, 0.29) is 25.2 Å². The lowest BCUT2D eigenvalue weighted by atomic mass is 10.0. The summed E-state index contributed by atoms with van der Waals surface area (Å²) in [5.74, 6) is -0.629. The van der Waals surface area contributed by atoms with Gasteiger partial charge in [0.2, 0.25) is 0 Å². The van der Waals surface area contributed by atoms with Crippen molar-refractivity contribution in [1.82, 2.24) is 0 Å². The van der Waals surface area contributed by atoms with Gasteiger partial charge in [0.15, 0.2) is 6.10 Å². The van der Waals surface area contributed by atoms with Gasteiger partial charge in [0.1, 0.15) is 13.2 Å². The maximum Gasteiger partial charge on any atom is 0.327 e. The predicted octanol–water partition coefficient (Wildman–Crippen LogP) is 8.23.